The van der Waals surface area contributed by atoms with Crippen LogP contribution in [0.25, 0.3) is 0 Å². The average Bonchev–Trinajstić information content (AvgIpc) is 2.47. The number of carbonyl (C=O) groups excluding carboxylic acids is 1. The minimum absolute atomic E-state index is 0.132. The van der Waals surface area contributed by atoms with Crippen molar-refractivity contribution in [2.24, 2.45) is 0 Å². The molecule has 0 atom stereocenters. The van der Waals surface area contributed by atoms with Crippen LogP contribution in [0, 0.1) is 0 Å². The molecule has 3 N–H and O–H groups in total. The van der Waals surface area contributed by atoms with Crippen molar-refractivity contribution in [1.29, 1.82) is 0 Å². The fourth-order valence-electron chi connectivity index (χ4n) is 1.80. The molecule has 0 fully saturated rings. The molecule has 21 heavy (non-hydrogen) atoms. The Morgan fingerprint density at radius 2 is 1.95 bits per heavy atom. The molecule has 1 amide bonds. The molecule has 2 aromatic rings. The molecule has 2 rings (SSSR count). The molecule has 110 valence electrons. The number of aromatic nitrogens is 1. The Balaban J connectivity index is 2.00. The second-order valence-corrected chi connectivity index (χ2v) is 5.08. The second kappa shape index (κ2) is 6.85. The van der Waals surface area contributed by atoms with Crippen LogP contribution in [0.3, 0.4) is 0 Å². The number of aromatic hydroxyl groups is 1. The van der Waals surface area contributed by atoms with E-state index in [9.17, 15) is 9.90 Å². The minimum Gasteiger partial charge on any atom is -0.505 e. The summed E-state index contributed by atoms with van der Waals surface area (Å²) in [5.74, 6) is -0.490. The Morgan fingerprint density at radius 1 is 1.24 bits per heavy atom. The maximum atomic E-state index is 12.0. The van der Waals surface area contributed by atoms with Crippen molar-refractivity contribution in [2.75, 3.05) is 5.32 Å². The highest BCUT2D eigenvalue weighted by atomic mass is 16.3. The van der Waals surface area contributed by atoms with Gasteiger partial charge in [-0.1, -0.05) is 26.0 Å². The van der Waals surface area contributed by atoms with Crippen molar-refractivity contribution in [3.8, 4) is 5.75 Å². The summed E-state index contributed by atoms with van der Waals surface area (Å²) in [7, 11) is 0. The van der Waals surface area contributed by atoms with Crippen molar-refractivity contribution in [1.82, 2.24) is 10.3 Å². The van der Waals surface area contributed by atoms with E-state index in [-0.39, 0.29) is 17.2 Å². The van der Waals surface area contributed by atoms with Gasteiger partial charge in [-0.3, -0.25) is 9.78 Å². The van der Waals surface area contributed by atoms with Gasteiger partial charge in [0.05, 0.1) is 11.8 Å². The first kappa shape index (κ1) is 15.0. The fraction of sp³-hybridized carbons (Fsp3) is 0.250. The molecule has 1 aromatic carbocycles. The number of hydrogen-bond acceptors (Lipinski definition) is 4. The number of nitrogens with one attached hydrogen (secondary N) is 2. The Kier molecular flexibility index (Phi) is 4.90. The summed E-state index contributed by atoms with van der Waals surface area (Å²) in [6.45, 7) is 4.97. The lowest BCUT2D eigenvalue weighted by Gasteiger charge is -2.10. The maximum Gasteiger partial charge on any atom is 0.259 e. The molecule has 0 aliphatic rings. The van der Waals surface area contributed by atoms with E-state index < -0.39 is 0 Å². The standard InChI is InChI=1S/C16H19N3O2/c1-11(2)18-9-12-3-5-13(6-4-12)19-16(21)14-7-8-17-10-15(14)20/h3-8,10-11,18,20H,9H2,1-2H3,(H,19,21). The van der Waals surface area contributed by atoms with Crippen molar-refractivity contribution in [2.45, 2.75) is 26.4 Å². The van der Waals surface area contributed by atoms with Gasteiger partial charge in [-0.05, 0) is 23.8 Å². The highest BCUT2D eigenvalue weighted by Gasteiger charge is 2.10. The normalized spacial score (nSPS) is 10.6. The van der Waals surface area contributed by atoms with Crippen molar-refractivity contribution < 1.29 is 9.90 Å². The van der Waals surface area contributed by atoms with E-state index in [2.05, 4.69) is 29.5 Å². The number of anilines is 1. The van der Waals surface area contributed by atoms with Crippen molar-refractivity contribution >= 4 is 11.6 Å². The molecule has 0 bridgehead atoms. The van der Waals surface area contributed by atoms with E-state index in [0.29, 0.717) is 11.7 Å². The van der Waals surface area contributed by atoms with Gasteiger partial charge in [-0.15, -0.1) is 0 Å². The fourth-order valence-corrected chi connectivity index (χ4v) is 1.80. The Labute approximate surface area is 124 Å². The lowest BCUT2D eigenvalue weighted by atomic mass is 10.2. The van der Waals surface area contributed by atoms with Crippen molar-refractivity contribution in [3.63, 3.8) is 0 Å². The van der Waals surface area contributed by atoms with E-state index in [1.165, 1.54) is 18.5 Å². The van der Waals surface area contributed by atoms with Gasteiger partial charge in [-0.2, -0.15) is 0 Å². The first-order valence-corrected chi connectivity index (χ1v) is 6.83. The molecule has 1 aromatic heterocycles. The molecule has 0 saturated heterocycles. The van der Waals surface area contributed by atoms with Crippen LogP contribution in [0.15, 0.2) is 42.7 Å². The quantitative estimate of drug-likeness (QED) is 0.789. The largest absolute Gasteiger partial charge is 0.505 e. The van der Waals surface area contributed by atoms with Crippen LogP contribution in [0.2, 0.25) is 0 Å². The third-order valence-corrected chi connectivity index (χ3v) is 2.97. The van der Waals surface area contributed by atoms with Crippen LogP contribution < -0.4 is 10.6 Å². The molecule has 0 radical (unpaired) electrons. The second-order valence-electron chi connectivity index (χ2n) is 5.08. The third kappa shape index (κ3) is 4.29. The first-order valence-electron chi connectivity index (χ1n) is 6.83. The monoisotopic (exact) mass is 285 g/mol. The lowest BCUT2D eigenvalue weighted by molar-refractivity contribution is 0.102. The highest BCUT2D eigenvalue weighted by Crippen LogP contribution is 2.17. The zero-order chi connectivity index (χ0) is 15.2. The summed E-state index contributed by atoms with van der Waals surface area (Å²) in [6.07, 6.45) is 2.71. The van der Waals surface area contributed by atoms with Gasteiger partial charge in [0.2, 0.25) is 0 Å². The van der Waals surface area contributed by atoms with Crippen LogP contribution in [-0.4, -0.2) is 22.0 Å². The summed E-state index contributed by atoms with van der Waals surface area (Å²) in [6, 6.07) is 9.50. The van der Waals surface area contributed by atoms with E-state index >= 15 is 0 Å². The summed E-state index contributed by atoms with van der Waals surface area (Å²) >= 11 is 0. The summed E-state index contributed by atoms with van der Waals surface area (Å²) in [4.78, 5) is 15.8. The predicted octanol–water partition coefficient (Wildman–Crippen LogP) is 2.54. The molecular weight excluding hydrogens is 266 g/mol. The van der Waals surface area contributed by atoms with Gasteiger partial charge in [-0.25, -0.2) is 0 Å². The summed E-state index contributed by atoms with van der Waals surface area (Å²) in [5, 5.41) is 15.7. The van der Waals surface area contributed by atoms with Crippen LogP contribution in [0.4, 0.5) is 5.69 Å². The number of pyridine rings is 1. The number of hydrogen-bond donors (Lipinski definition) is 3. The summed E-state index contributed by atoms with van der Waals surface area (Å²) in [5.41, 5.74) is 2.04. The first-order chi connectivity index (χ1) is 10.1. The van der Waals surface area contributed by atoms with Crippen LogP contribution >= 0.6 is 0 Å². The van der Waals surface area contributed by atoms with E-state index in [1.807, 2.05) is 24.3 Å². The third-order valence-electron chi connectivity index (χ3n) is 2.97. The smallest absolute Gasteiger partial charge is 0.259 e. The molecule has 5 heteroatoms. The number of nitrogens with zero attached hydrogens (tertiary/aromatic N) is 1. The molecule has 0 aliphatic carbocycles. The van der Waals surface area contributed by atoms with Gasteiger partial charge >= 0.3 is 0 Å². The molecule has 0 unspecified atom stereocenters. The molecule has 0 aliphatic heterocycles. The van der Waals surface area contributed by atoms with Crippen LogP contribution in [-0.2, 0) is 6.54 Å². The highest BCUT2D eigenvalue weighted by molar-refractivity contribution is 6.05. The number of amides is 1. The van der Waals surface area contributed by atoms with Gasteiger partial charge in [0.15, 0.2) is 0 Å². The predicted molar refractivity (Wildman–Crippen MR) is 82.3 cm³/mol. The number of rotatable bonds is 5. The van der Waals surface area contributed by atoms with Gasteiger partial charge in [0.25, 0.3) is 5.91 Å². The topological polar surface area (TPSA) is 74.2 Å². The number of benzene rings is 1. The van der Waals surface area contributed by atoms with Gasteiger partial charge in [0, 0.05) is 24.5 Å². The zero-order valence-corrected chi connectivity index (χ0v) is 12.1. The van der Waals surface area contributed by atoms with Crippen LogP contribution in [0.1, 0.15) is 29.8 Å². The minimum atomic E-state index is -0.358. The SMILES string of the molecule is CC(C)NCc1ccc(NC(=O)c2ccncc2O)cc1. The van der Waals surface area contributed by atoms with Crippen molar-refractivity contribution in [3.05, 3.63) is 53.9 Å². The maximum absolute atomic E-state index is 12.0. The van der Waals surface area contributed by atoms with Gasteiger partial charge < -0.3 is 15.7 Å². The Bertz CT molecular complexity index is 609. The number of carbonyl (C=O) groups is 1. The van der Waals surface area contributed by atoms with E-state index in [0.717, 1.165) is 12.1 Å². The van der Waals surface area contributed by atoms with Gasteiger partial charge in [0.1, 0.15) is 5.75 Å². The molecule has 0 saturated carbocycles. The molecule has 1 heterocycles. The Morgan fingerprint density at radius 3 is 2.57 bits per heavy atom. The molecule has 0 spiro atoms. The van der Waals surface area contributed by atoms with E-state index in [1.54, 1.807) is 0 Å². The van der Waals surface area contributed by atoms with E-state index in [4.69, 9.17) is 0 Å². The lowest BCUT2D eigenvalue weighted by Crippen LogP contribution is -2.21. The Hall–Kier alpha value is -2.40. The molecule has 5 nitrogen and oxygen atoms in total. The van der Waals surface area contributed by atoms with Crippen LogP contribution in [0.5, 0.6) is 5.75 Å². The summed E-state index contributed by atoms with van der Waals surface area (Å²) < 4.78 is 0. The zero-order valence-electron chi connectivity index (χ0n) is 12.1. The average molecular weight is 285 g/mol. The molecular formula is C16H19N3O2.